The third-order valence-electron chi connectivity index (χ3n) is 5.89. The Kier molecular flexibility index (Phi) is 6.50. The van der Waals surface area contributed by atoms with Crippen molar-refractivity contribution in [1.29, 1.82) is 0 Å². The standard InChI is InChI=1S/C23H21Cl2FN6O3S/c1-36(33,34)11-12-9-32(10-12)20-3-2-13(6-29-20)22-14-4-19(17(26)5-18(14)30-31-22)35-23(27)21-15(24)7-28-8-16(21)25/h2-8,12,23H,9-11,27H2,1H3,(H,30,31)/t23-/m0/s1. The molecule has 0 amide bonds. The van der Waals surface area contributed by atoms with Crippen molar-refractivity contribution in [3.05, 3.63) is 64.3 Å². The molecule has 0 spiro atoms. The summed E-state index contributed by atoms with van der Waals surface area (Å²) in [7, 11) is -3.00. The van der Waals surface area contributed by atoms with Crippen LogP contribution in [0, 0.1) is 11.7 Å². The first-order chi connectivity index (χ1) is 17.1. The van der Waals surface area contributed by atoms with Crippen LogP contribution in [0.5, 0.6) is 5.75 Å². The lowest BCUT2D eigenvalue weighted by molar-refractivity contribution is 0.205. The van der Waals surface area contributed by atoms with E-state index >= 15 is 0 Å². The molecular formula is C23H21Cl2FN6O3S. The van der Waals surface area contributed by atoms with Crippen LogP contribution < -0.4 is 15.4 Å². The van der Waals surface area contributed by atoms with Crippen molar-refractivity contribution in [3.8, 4) is 17.0 Å². The van der Waals surface area contributed by atoms with E-state index in [1.807, 2.05) is 17.0 Å². The number of sulfone groups is 1. The van der Waals surface area contributed by atoms with Gasteiger partial charge in [-0.15, -0.1) is 0 Å². The van der Waals surface area contributed by atoms with Crippen molar-refractivity contribution >= 4 is 49.8 Å². The first kappa shape index (κ1) is 24.7. The summed E-state index contributed by atoms with van der Waals surface area (Å²) in [5.41, 5.74) is 8.15. The summed E-state index contributed by atoms with van der Waals surface area (Å²) in [6, 6.07) is 6.48. The lowest BCUT2D eigenvalue weighted by atomic mass is 10.0. The molecule has 1 saturated heterocycles. The van der Waals surface area contributed by atoms with Crippen molar-refractivity contribution in [2.75, 3.05) is 30.0 Å². The average Bonchev–Trinajstić information content (AvgIpc) is 3.18. The van der Waals surface area contributed by atoms with Gasteiger partial charge in [0, 0.05) is 66.4 Å². The summed E-state index contributed by atoms with van der Waals surface area (Å²) < 4.78 is 43.4. The van der Waals surface area contributed by atoms with E-state index in [4.69, 9.17) is 33.7 Å². The predicted octanol–water partition coefficient (Wildman–Crippen LogP) is 3.98. The zero-order valence-corrected chi connectivity index (χ0v) is 21.3. The Bertz CT molecular complexity index is 1520. The lowest BCUT2D eigenvalue weighted by Gasteiger charge is -2.39. The number of hydrogen-bond donors (Lipinski definition) is 2. The van der Waals surface area contributed by atoms with Crippen molar-refractivity contribution in [2.24, 2.45) is 11.7 Å². The van der Waals surface area contributed by atoms with Gasteiger partial charge in [0.05, 0.1) is 21.3 Å². The van der Waals surface area contributed by atoms with Gasteiger partial charge in [0.15, 0.2) is 17.8 Å². The molecule has 3 aromatic heterocycles. The van der Waals surface area contributed by atoms with E-state index in [0.717, 1.165) is 5.82 Å². The van der Waals surface area contributed by atoms with Crippen LogP contribution in [0.1, 0.15) is 11.8 Å². The monoisotopic (exact) mass is 550 g/mol. The number of nitrogens with two attached hydrogens (primary N) is 1. The number of H-pyrrole nitrogens is 1. The highest BCUT2D eigenvalue weighted by molar-refractivity contribution is 7.90. The van der Waals surface area contributed by atoms with Gasteiger partial charge in [-0.2, -0.15) is 5.10 Å². The highest BCUT2D eigenvalue weighted by Crippen LogP contribution is 2.35. The number of rotatable bonds is 7. The number of aromatic nitrogens is 4. The Morgan fingerprint density at radius 1 is 1.22 bits per heavy atom. The fourth-order valence-corrected chi connectivity index (χ4v) is 5.87. The van der Waals surface area contributed by atoms with Gasteiger partial charge in [0.1, 0.15) is 21.3 Å². The second-order valence-electron chi connectivity index (χ2n) is 8.72. The normalized spacial score (nSPS) is 15.2. The number of anilines is 1. The molecule has 4 heterocycles. The number of nitrogens with zero attached hydrogens (tertiary/aromatic N) is 4. The quantitative estimate of drug-likeness (QED) is 0.331. The lowest BCUT2D eigenvalue weighted by Crippen LogP contribution is -2.49. The molecule has 0 aliphatic carbocycles. The van der Waals surface area contributed by atoms with Crippen LogP contribution >= 0.6 is 23.2 Å². The zero-order valence-electron chi connectivity index (χ0n) is 19.0. The number of pyridine rings is 2. The summed E-state index contributed by atoms with van der Waals surface area (Å²) in [4.78, 5) is 10.4. The topological polar surface area (TPSA) is 127 Å². The maximum atomic E-state index is 14.8. The maximum Gasteiger partial charge on any atom is 0.177 e. The molecule has 3 N–H and O–H groups in total. The number of fused-ring (bicyclic) bond motifs is 1. The molecule has 36 heavy (non-hydrogen) atoms. The SMILES string of the molecule is CS(=O)(=O)CC1CN(c2ccc(-c3n[nH]c4cc(F)c(O[C@H](N)c5c(Cl)cncc5Cl)cc34)cn2)C1. The molecule has 1 atom stereocenters. The fraction of sp³-hybridized carbons (Fsp3) is 0.261. The molecule has 9 nitrogen and oxygen atoms in total. The minimum atomic E-state index is -3.00. The van der Waals surface area contributed by atoms with Crippen LogP contribution in [0.15, 0.2) is 42.9 Å². The molecular weight excluding hydrogens is 530 g/mol. The number of aromatic amines is 1. The van der Waals surface area contributed by atoms with Crippen molar-refractivity contribution in [2.45, 2.75) is 6.23 Å². The fourth-order valence-electron chi connectivity index (χ4n) is 4.22. The van der Waals surface area contributed by atoms with Crippen molar-refractivity contribution in [1.82, 2.24) is 20.2 Å². The third kappa shape index (κ3) is 4.96. The second kappa shape index (κ2) is 9.47. The van der Waals surface area contributed by atoms with Gasteiger partial charge in [0.25, 0.3) is 0 Å². The van der Waals surface area contributed by atoms with E-state index in [0.29, 0.717) is 40.8 Å². The number of nitrogens with one attached hydrogen (secondary N) is 1. The number of ether oxygens (including phenoxy) is 1. The summed E-state index contributed by atoms with van der Waals surface area (Å²) in [6.07, 6.45) is 4.54. The summed E-state index contributed by atoms with van der Waals surface area (Å²) >= 11 is 12.3. The smallest absolute Gasteiger partial charge is 0.177 e. The van der Waals surface area contributed by atoms with Crippen LogP contribution in [-0.4, -0.2) is 53.7 Å². The first-order valence-corrected chi connectivity index (χ1v) is 13.7. The van der Waals surface area contributed by atoms with Gasteiger partial charge in [-0.05, 0) is 18.2 Å². The van der Waals surface area contributed by atoms with E-state index in [9.17, 15) is 12.8 Å². The Morgan fingerprint density at radius 3 is 2.58 bits per heavy atom. The summed E-state index contributed by atoms with van der Waals surface area (Å²) in [6.45, 7) is 1.27. The van der Waals surface area contributed by atoms with Crippen LogP contribution in [0.2, 0.25) is 10.0 Å². The largest absolute Gasteiger partial charge is 0.468 e. The molecule has 1 aliphatic rings. The van der Waals surface area contributed by atoms with Gasteiger partial charge >= 0.3 is 0 Å². The highest BCUT2D eigenvalue weighted by atomic mass is 35.5. The van der Waals surface area contributed by atoms with Gasteiger partial charge in [-0.1, -0.05) is 23.2 Å². The van der Waals surface area contributed by atoms with E-state index in [-0.39, 0.29) is 27.5 Å². The highest BCUT2D eigenvalue weighted by Gasteiger charge is 2.30. The molecule has 5 rings (SSSR count). The molecule has 0 saturated carbocycles. The van der Waals surface area contributed by atoms with E-state index in [2.05, 4.69) is 20.2 Å². The second-order valence-corrected chi connectivity index (χ2v) is 11.7. The van der Waals surface area contributed by atoms with Gasteiger partial charge in [0.2, 0.25) is 0 Å². The molecule has 188 valence electrons. The molecule has 13 heteroatoms. The number of benzene rings is 1. The first-order valence-electron chi connectivity index (χ1n) is 10.9. The van der Waals surface area contributed by atoms with E-state index in [1.165, 1.54) is 30.8 Å². The minimum absolute atomic E-state index is 0.0938. The average molecular weight is 551 g/mol. The van der Waals surface area contributed by atoms with E-state index < -0.39 is 21.9 Å². The number of hydrogen-bond acceptors (Lipinski definition) is 8. The molecule has 0 bridgehead atoms. The van der Waals surface area contributed by atoms with Crippen LogP contribution in [0.25, 0.3) is 22.2 Å². The van der Waals surface area contributed by atoms with Gasteiger partial charge in [-0.25, -0.2) is 17.8 Å². The summed E-state index contributed by atoms with van der Waals surface area (Å²) in [5, 5.41) is 8.17. The van der Waals surface area contributed by atoms with Gasteiger partial charge < -0.3 is 9.64 Å². The Labute approximate surface area is 216 Å². The summed E-state index contributed by atoms with van der Waals surface area (Å²) in [5.74, 6) is 0.294. The molecule has 0 radical (unpaired) electrons. The van der Waals surface area contributed by atoms with Crippen LogP contribution in [0.3, 0.4) is 0 Å². The Morgan fingerprint density at radius 2 is 1.94 bits per heavy atom. The Hall–Kier alpha value is -2.99. The molecule has 1 fully saturated rings. The van der Waals surface area contributed by atoms with Crippen LogP contribution in [-0.2, 0) is 9.84 Å². The molecule has 1 aromatic carbocycles. The zero-order chi connectivity index (χ0) is 25.6. The van der Waals surface area contributed by atoms with Gasteiger partial charge in [-0.3, -0.25) is 15.8 Å². The minimum Gasteiger partial charge on any atom is -0.468 e. The number of halogens is 3. The predicted molar refractivity (Wildman–Crippen MR) is 137 cm³/mol. The molecule has 0 unspecified atom stereocenters. The van der Waals surface area contributed by atoms with Crippen molar-refractivity contribution < 1.29 is 17.5 Å². The maximum absolute atomic E-state index is 14.8. The third-order valence-corrected chi connectivity index (χ3v) is 7.56. The van der Waals surface area contributed by atoms with E-state index in [1.54, 1.807) is 6.20 Å². The molecule has 1 aliphatic heterocycles. The van der Waals surface area contributed by atoms with Crippen molar-refractivity contribution in [3.63, 3.8) is 0 Å². The molecule has 4 aromatic rings. The Balaban J connectivity index is 1.37. The van der Waals surface area contributed by atoms with Crippen LogP contribution in [0.4, 0.5) is 10.2 Å².